The number of alkyl halides is 3. The van der Waals surface area contributed by atoms with Crippen molar-refractivity contribution in [2.75, 3.05) is 13.7 Å². The number of ether oxygens (including phenoxy) is 2. The van der Waals surface area contributed by atoms with Crippen LogP contribution in [-0.4, -0.2) is 30.8 Å². The number of methoxy groups -OCH3 is 1. The first-order valence-corrected chi connectivity index (χ1v) is 10.6. The molecule has 6 nitrogen and oxygen atoms in total. The fraction of sp³-hybridized carbons (Fsp3) is 0.231. The number of hydrogen-bond acceptors (Lipinski definition) is 6. The number of allylic oxidation sites excluding steroid dienone is 2. The summed E-state index contributed by atoms with van der Waals surface area (Å²) in [4.78, 5) is 25.8. The Labute approximate surface area is 200 Å². The Morgan fingerprint density at radius 1 is 1.00 bits per heavy atom. The SMILES string of the molecule is COC(=O)C1=C(C)NC(C)=C(C(=O)OC/C=C/c2ccc(O)cc2)C1c1ccccc1C(F)(F)F. The van der Waals surface area contributed by atoms with E-state index in [-0.39, 0.29) is 40.5 Å². The van der Waals surface area contributed by atoms with Crippen LogP contribution in [0, 0.1) is 0 Å². The lowest BCUT2D eigenvalue weighted by molar-refractivity contribution is -0.141. The number of carbonyl (C=O) groups is 2. The summed E-state index contributed by atoms with van der Waals surface area (Å²) in [5, 5.41) is 12.2. The van der Waals surface area contributed by atoms with Crippen molar-refractivity contribution in [3.05, 3.63) is 93.8 Å². The van der Waals surface area contributed by atoms with Gasteiger partial charge < -0.3 is 19.9 Å². The van der Waals surface area contributed by atoms with Crippen LogP contribution in [0.25, 0.3) is 6.08 Å². The zero-order valence-electron chi connectivity index (χ0n) is 19.3. The Morgan fingerprint density at radius 3 is 2.20 bits per heavy atom. The zero-order valence-corrected chi connectivity index (χ0v) is 19.3. The van der Waals surface area contributed by atoms with E-state index < -0.39 is 29.6 Å². The van der Waals surface area contributed by atoms with E-state index in [4.69, 9.17) is 9.47 Å². The number of esters is 2. The summed E-state index contributed by atoms with van der Waals surface area (Å²) in [6, 6.07) is 11.1. The molecule has 9 heteroatoms. The van der Waals surface area contributed by atoms with E-state index in [0.717, 1.165) is 18.7 Å². The Kier molecular flexibility index (Phi) is 7.68. The van der Waals surface area contributed by atoms with Gasteiger partial charge in [0.1, 0.15) is 12.4 Å². The van der Waals surface area contributed by atoms with Crippen LogP contribution >= 0.6 is 0 Å². The predicted octanol–water partition coefficient (Wildman–Crippen LogP) is 5.08. The van der Waals surface area contributed by atoms with Gasteiger partial charge in [-0.05, 0) is 49.2 Å². The number of rotatable bonds is 6. The van der Waals surface area contributed by atoms with Crippen LogP contribution in [0.1, 0.15) is 36.5 Å². The molecule has 0 amide bonds. The normalized spacial score (nSPS) is 16.3. The van der Waals surface area contributed by atoms with Crippen LogP contribution in [0.15, 0.2) is 77.1 Å². The molecule has 1 aliphatic rings. The van der Waals surface area contributed by atoms with Crippen LogP contribution < -0.4 is 5.32 Å². The van der Waals surface area contributed by atoms with Gasteiger partial charge in [0.25, 0.3) is 0 Å². The lowest BCUT2D eigenvalue weighted by atomic mass is 9.78. The largest absolute Gasteiger partial charge is 0.508 e. The molecule has 0 saturated carbocycles. The molecular formula is C26H24F3NO5. The van der Waals surface area contributed by atoms with Crippen molar-refractivity contribution in [1.82, 2.24) is 5.32 Å². The van der Waals surface area contributed by atoms with Crippen LogP contribution in [0.3, 0.4) is 0 Å². The van der Waals surface area contributed by atoms with E-state index in [9.17, 15) is 27.9 Å². The van der Waals surface area contributed by atoms with Gasteiger partial charge in [0.05, 0.1) is 29.7 Å². The van der Waals surface area contributed by atoms with Crippen LogP contribution in [-0.2, 0) is 25.2 Å². The standard InChI is InChI=1S/C26H24F3NO5/c1-15-21(24(32)34-3)23(19-8-4-5-9-20(19)26(27,28)29)22(16(2)30-15)25(33)35-14-6-7-17-10-12-18(31)13-11-17/h4-13,23,30-31H,14H2,1-3H3/b7-6+. The Balaban J connectivity index is 1.98. The maximum atomic E-state index is 13.9. The highest BCUT2D eigenvalue weighted by atomic mass is 19.4. The number of phenols is 1. The lowest BCUT2D eigenvalue weighted by Crippen LogP contribution is -2.33. The van der Waals surface area contributed by atoms with E-state index in [1.54, 1.807) is 24.3 Å². The number of dihydropyridines is 1. The van der Waals surface area contributed by atoms with Crippen molar-refractivity contribution in [2.45, 2.75) is 25.9 Å². The fourth-order valence-electron chi connectivity index (χ4n) is 3.93. The van der Waals surface area contributed by atoms with Crippen LogP contribution in [0.4, 0.5) is 13.2 Å². The monoisotopic (exact) mass is 487 g/mol. The molecule has 1 atom stereocenters. The van der Waals surface area contributed by atoms with Crippen molar-refractivity contribution >= 4 is 18.0 Å². The second-order valence-corrected chi connectivity index (χ2v) is 7.80. The molecule has 35 heavy (non-hydrogen) atoms. The summed E-state index contributed by atoms with van der Waals surface area (Å²) < 4.78 is 51.8. The first kappa shape index (κ1) is 25.6. The molecule has 1 unspecified atom stereocenters. The van der Waals surface area contributed by atoms with Gasteiger partial charge in [-0.15, -0.1) is 0 Å². The van der Waals surface area contributed by atoms with Crippen molar-refractivity contribution < 1.29 is 37.3 Å². The molecule has 0 aromatic heterocycles. The number of carbonyl (C=O) groups excluding carboxylic acids is 2. The molecule has 2 aromatic rings. The fourth-order valence-corrected chi connectivity index (χ4v) is 3.93. The first-order valence-electron chi connectivity index (χ1n) is 10.6. The summed E-state index contributed by atoms with van der Waals surface area (Å²) in [6.07, 6.45) is -1.50. The van der Waals surface area contributed by atoms with Crippen molar-refractivity contribution in [2.24, 2.45) is 0 Å². The second-order valence-electron chi connectivity index (χ2n) is 7.80. The van der Waals surface area contributed by atoms with Gasteiger partial charge in [-0.1, -0.05) is 36.4 Å². The molecule has 2 aromatic carbocycles. The summed E-state index contributed by atoms with van der Waals surface area (Å²) >= 11 is 0. The van der Waals surface area contributed by atoms with Gasteiger partial charge >= 0.3 is 18.1 Å². The third-order valence-corrected chi connectivity index (χ3v) is 5.48. The molecule has 2 N–H and O–H groups in total. The highest BCUT2D eigenvalue weighted by molar-refractivity contribution is 6.00. The molecule has 1 aliphatic heterocycles. The molecule has 0 bridgehead atoms. The summed E-state index contributed by atoms with van der Waals surface area (Å²) in [5.41, 5.74) is -0.160. The molecular weight excluding hydrogens is 463 g/mol. The first-order chi connectivity index (χ1) is 16.5. The van der Waals surface area contributed by atoms with E-state index in [1.807, 2.05) is 0 Å². The molecule has 184 valence electrons. The maximum absolute atomic E-state index is 13.9. The Hall–Kier alpha value is -4.01. The van der Waals surface area contributed by atoms with E-state index in [0.29, 0.717) is 0 Å². The van der Waals surface area contributed by atoms with Crippen LogP contribution in [0.5, 0.6) is 5.75 Å². The highest BCUT2D eigenvalue weighted by Gasteiger charge is 2.43. The molecule has 0 aliphatic carbocycles. The number of phenolic OH excluding ortho intramolecular Hbond substituents is 1. The number of aromatic hydroxyl groups is 1. The lowest BCUT2D eigenvalue weighted by Gasteiger charge is -2.31. The second kappa shape index (κ2) is 10.5. The third kappa shape index (κ3) is 5.74. The molecule has 3 rings (SSSR count). The minimum Gasteiger partial charge on any atom is -0.508 e. The van der Waals surface area contributed by atoms with Crippen molar-refractivity contribution in [3.8, 4) is 5.75 Å². The molecule has 0 radical (unpaired) electrons. The van der Waals surface area contributed by atoms with Gasteiger partial charge in [0.2, 0.25) is 0 Å². The van der Waals surface area contributed by atoms with Crippen molar-refractivity contribution in [3.63, 3.8) is 0 Å². The number of halogens is 3. The Bertz CT molecular complexity index is 1210. The van der Waals surface area contributed by atoms with Gasteiger partial charge in [-0.2, -0.15) is 13.2 Å². The number of nitrogens with one attached hydrogen (secondary N) is 1. The minimum absolute atomic E-state index is 0.107. The van der Waals surface area contributed by atoms with E-state index in [2.05, 4.69) is 5.32 Å². The highest BCUT2D eigenvalue weighted by Crippen LogP contribution is 2.44. The van der Waals surface area contributed by atoms with Crippen LogP contribution in [0.2, 0.25) is 0 Å². The average Bonchev–Trinajstić information content (AvgIpc) is 2.81. The summed E-state index contributed by atoms with van der Waals surface area (Å²) in [7, 11) is 1.12. The zero-order chi connectivity index (χ0) is 25.8. The summed E-state index contributed by atoms with van der Waals surface area (Å²) in [5.74, 6) is -2.98. The van der Waals surface area contributed by atoms with Gasteiger partial charge in [0.15, 0.2) is 0 Å². The maximum Gasteiger partial charge on any atom is 0.416 e. The molecule has 1 heterocycles. The van der Waals surface area contributed by atoms with E-state index >= 15 is 0 Å². The minimum atomic E-state index is -4.72. The topological polar surface area (TPSA) is 84.9 Å². The Morgan fingerprint density at radius 2 is 1.60 bits per heavy atom. The molecule has 0 saturated heterocycles. The predicted molar refractivity (Wildman–Crippen MR) is 123 cm³/mol. The molecule has 0 fully saturated rings. The third-order valence-electron chi connectivity index (χ3n) is 5.48. The van der Waals surface area contributed by atoms with Gasteiger partial charge in [-0.3, -0.25) is 0 Å². The summed E-state index contributed by atoms with van der Waals surface area (Å²) in [6.45, 7) is 2.89. The van der Waals surface area contributed by atoms with Gasteiger partial charge in [0, 0.05) is 11.4 Å². The van der Waals surface area contributed by atoms with Gasteiger partial charge in [-0.25, -0.2) is 9.59 Å². The van der Waals surface area contributed by atoms with E-state index in [1.165, 1.54) is 44.2 Å². The average molecular weight is 487 g/mol. The quantitative estimate of drug-likeness (QED) is 0.553. The molecule has 0 spiro atoms. The number of benzene rings is 2. The number of hydrogen-bond donors (Lipinski definition) is 2. The van der Waals surface area contributed by atoms with Crippen molar-refractivity contribution in [1.29, 1.82) is 0 Å². The smallest absolute Gasteiger partial charge is 0.416 e.